The molecule has 12 atom stereocenters. The van der Waals surface area contributed by atoms with Crippen LogP contribution in [0.2, 0.25) is 30.1 Å². The lowest BCUT2D eigenvalue weighted by atomic mass is 9.75. The monoisotopic (exact) mass is 1390 g/mol. The normalized spacial score (nSPS) is 24.4. The number of benzene rings is 6. The number of hydrogen-bond acceptors (Lipinski definition) is 6. The molecule has 3 aromatic heterocycles. The first kappa shape index (κ1) is 67.5. The number of likely N-dealkylation sites (tertiary alicyclic amines) is 3. The average Bonchev–Trinajstić information content (AvgIpc) is 1.50. The molecule has 15 heteroatoms. The molecule has 0 radical (unpaired) electrons. The van der Waals surface area contributed by atoms with Crippen molar-refractivity contribution in [2.75, 3.05) is 0 Å². The second kappa shape index (κ2) is 30.0. The van der Waals surface area contributed by atoms with E-state index in [-0.39, 0.29) is 89.5 Å². The van der Waals surface area contributed by atoms with Crippen molar-refractivity contribution in [1.29, 1.82) is 0 Å². The van der Waals surface area contributed by atoms with Crippen LogP contribution in [0.1, 0.15) is 183 Å². The Kier molecular flexibility index (Phi) is 21.1. The highest BCUT2D eigenvalue weighted by Gasteiger charge is 2.52. The van der Waals surface area contributed by atoms with Gasteiger partial charge in [0.25, 0.3) is 0 Å². The van der Waals surface area contributed by atoms with Crippen molar-refractivity contribution in [2.45, 2.75) is 133 Å². The highest BCUT2D eigenvalue weighted by atomic mass is 35.5. The van der Waals surface area contributed by atoms with Crippen LogP contribution in [-0.4, -0.2) is 47.4 Å². The molecule has 6 aliphatic rings. The number of aromatic nitrogens is 3. The van der Waals surface area contributed by atoms with Crippen LogP contribution < -0.4 is 0 Å². The zero-order valence-electron chi connectivity index (χ0n) is 54.0. The van der Waals surface area contributed by atoms with Gasteiger partial charge in [0.1, 0.15) is 0 Å². The first-order valence-corrected chi connectivity index (χ1v) is 36.1. The van der Waals surface area contributed by atoms with Crippen LogP contribution in [0.5, 0.6) is 0 Å². The molecule has 3 amide bonds. The molecule has 3 saturated heterocycles. The molecule has 96 heavy (non-hydrogen) atoms. The summed E-state index contributed by atoms with van der Waals surface area (Å²) in [5.41, 5.74) is 9.71. The highest BCUT2D eigenvalue weighted by molar-refractivity contribution is 6.32. The summed E-state index contributed by atoms with van der Waals surface area (Å²) < 4.78 is 0. The van der Waals surface area contributed by atoms with Crippen LogP contribution >= 0.6 is 69.6 Å². The van der Waals surface area contributed by atoms with Gasteiger partial charge in [-0.3, -0.25) is 29.3 Å². The van der Waals surface area contributed by atoms with Crippen molar-refractivity contribution in [2.24, 2.45) is 35.5 Å². The number of rotatable bonds is 15. The fourth-order valence-corrected chi connectivity index (χ4v) is 16.5. The van der Waals surface area contributed by atoms with Gasteiger partial charge in [0, 0.05) is 84.2 Å². The van der Waals surface area contributed by atoms with Gasteiger partial charge in [-0.25, -0.2) is 0 Å². The second-order valence-corrected chi connectivity index (χ2v) is 29.8. The third-order valence-electron chi connectivity index (χ3n) is 20.4. The molecule has 3 saturated carbocycles. The predicted octanol–water partition coefficient (Wildman–Crippen LogP) is 21.7. The second-order valence-electron chi connectivity index (χ2n) is 27.2. The van der Waals surface area contributed by atoms with Crippen LogP contribution in [0.25, 0.3) is 0 Å². The first-order valence-electron chi connectivity index (χ1n) is 33.8. The Balaban J connectivity index is 0.000000130. The van der Waals surface area contributed by atoms with E-state index in [1.165, 1.54) is 0 Å². The van der Waals surface area contributed by atoms with E-state index in [9.17, 15) is 14.4 Å². The minimum absolute atomic E-state index is 0.0335. The number of nitrogens with zero attached hydrogens (tertiary/aromatic N) is 6. The topological polar surface area (TPSA) is 99.6 Å². The minimum atomic E-state index is -0.109. The summed E-state index contributed by atoms with van der Waals surface area (Å²) in [5, 5.41) is 4.24. The van der Waals surface area contributed by atoms with Gasteiger partial charge in [-0.2, -0.15) is 0 Å². The summed E-state index contributed by atoms with van der Waals surface area (Å²) in [6, 6.07) is 65.7. The molecule has 6 heterocycles. The number of piperidine rings is 3. The van der Waals surface area contributed by atoms with Gasteiger partial charge in [0.2, 0.25) is 17.7 Å². The summed E-state index contributed by atoms with van der Waals surface area (Å²) in [5.74, 6) is 2.08. The van der Waals surface area contributed by atoms with E-state index >= 15 is 0 Å². The van der Waals surface area contributed by atoms with Gasteiger partial charge < -0.3 is 14.7 Å². The Morgan fingerprint density at radius 3 is 0.792 bits per heavy atom. The van der Waals surface area contributed by atoms with E-state index in [2.05, 4.69) is 87.5 Å². The predicted molar refractivity (Wildman–Crippen MR) is 386 cm³/mol. The maximum atomic E-state index is 13.8. The zero-order chi connectivity index (χ0) is 66.7. The number of pyridine rings is 3. The Labute approximate surface area is 594 Å². The number of halogens is 6. The van der Waals surface area contributed by atoms with Crippen LogP contribution in [0.4, 0.5) is 0 Å². The number of carbonyl (C=O) groups excluding carboxylic acids is 3. The van der Waals surface area contributed by atoms with Crippen LogP contribution in [-0.2, 0) is 14.4 Å². The van der Waals surface area contributed by atoms with Crippen LogP contribution in [0.15, 0.2) is 219 Å². The van der Waals surface area contributed by atoms with Crippen molar-refractivity contribution >= 4 is 87.3 Å². The van der Waals surface area contributed by atoms with Gasteiger partial charge in [0.15, 0.2) is 0 Å². The number of amides is 3. The molecular weight excluding hydrogens is 1320 g/mol. The van der Waals surface area contributed by atoms with E-state index < -0.39 is 0 Å². The molecule has 0 bridgehead atoms. The Morgan fingerprint density at radius 2 is 0.573 bits per heavy atom. The summed E-state index contributed by atoms with van der Waals surface area (Å²) in [7, 11) is 0. The Bertz CT molecular complexity index is 3720. The standard InChI is InChI=1S/3C27H26Cl2N2O/c3*1-17-15-23(20-5-4-6-22(29)16-20)25(18-10-12-21(28)13-11-18)31(27(17)32)26(19-8-9-19)24-7-2-3-14-30-24/h3*2-7,10-14,16-17,19,23,25-26H,8-9,15H2,1H3/t2*17?,23-,25-,26+;17?,23-,25-,26-/m111/s1. The summed E-state index contributed by atoms with van der Waals surface area (Å²) in [4.78, 5) is 61.9. The number of carbonyl (C=O) groups is 3. The molecule has 9 aromatic rings. The van der Waals surface area contributed by atoms with Crippen LogP contribution in [0, 0.1) is 35.5 Å². The van der Waals surface area contributed by atoms with Gasteiger partial charge in [-0.05, 0) is 218 Å². The lowest BCUT2D eigenvalue weighted by Crippen LogP contribution is -2.48. The molecule has 9 nitrogen and oxygen atoms in total. The Morgan fingerprint density at radius 1 is 0.312 bits per heavy atom. The molecule has 0 spiro atoms. The van der Waals surface area contributed by atoms with Crippen molar-refractivity contribution in [3.63, 3.8) is 0 Å². The fourth-order valence-electron chi connectivity index (χ4n) is 15.6. The summed E-state index contributed by atoms with van der Waals surface area (Å²) in [6.07, 6.45) is 14.5. The van der Waals surface area contributed by atoms with Crippen molar-refractivity contribution in [1.82, 2.24) is 29.7 Å². The molecule has 0 N–H and O–H groups in total. The van der Waals surface area contributed by atoms with Gasteiger partial charge in [0.05, 0.1) is 53.3 Å². The van der Waals surface area contributed by atoms with E-state index in [0.29, 0.717) is 32.8 Å². The quantitative estimate of drug-likeness (QED) is 0.101. The molecule has 3 aliphatic carbocycles. The molecular formula is C81H78Cl6N6O3. The van der Waals surface area contributed by atoms with Crippen LogP contribution in [0.3, 0.4) is 0 Å². The third kappa shape index (κ3) is 15.1. The maximum absolute atomic E-state index is 13.8. The molecule has 3 unspecified atom stereocenters. The third-order valence-corrected chi connectivity index (χ3v) is 21.9. The molecule has 492 valence electrons. The summed E-state index contributed by atoms with van der Waals surface area (Å²) >= 11 is 37.8. The average molecular weight is 1400 g/mol. The largest absolute Gasteiger partial charge is 0.326 e. The highest BCUT2D eigenvalue weighted by Crippen LogP contribution is 2.58. The SMILES string of the molecule is CC1C[C@H](c2cccc(Cl)c2)[C@@H](c2ccc(Cl)cc2)N([C@@H](c2ccccn2)C2CC2)C1=O.CC1C[C@H](c2cccc(Cl)c2)[C@@H](c2ccc(Cl)cc2)N([C@H](c2ccccn2)C2CC2)C1=O.CC1C[C@H](c2cccc(Cl)c2)[C@@H](c2ccc(Cl)cc2)N([C@H](c2ccccn2)C2CC2)C1=O. The fraction of sp³-hybridized carbons (Fsp3) is 0.333. The van der Waals surface area contributed by atoms with E-state index in [0.717, 1.165) is 123 Å². The zero-order valence-corrected chi connectivity index (χ0v) is 58.5. The molecule has 15 rings (SSSR count). The first-order chi connectivity index (χ1) is 46.6. The van der Waals surface area contributed by atoms with E-state index in [4.69, 9.17) is 84.6 Å². The van der Waals surface area contributed by atoms with Crippen molar-refractivity contribution < 1.29 is 14.4 Å². The maximum Gasteiger partial charge on any atom is 0.226 e. The van der Waals surface area contributed by atoms with Gasteiger partial charge in [-0.1, -0.05) is 181 Å². The smallest absolute Gasteiger partial charge is 0.226 e. The number of hydrogen-bond donors (Lipinski definition) is 0. The van der Waals surface area contributed by atoms with Crippen molar-refractivity contribution in [3.8, 4) is 0 Å². The molecule has 6 fully saturated rings. The summed E-state index contributed by atoms with van der Waals surface area (Å²) in [6.45, 7) is 6.15. The minimum Gasteiger partial charge on any atom is -0.326 e. The van der Waals surface area contributed by atoms with Gasteiger partial charge >= 0.3 is 0 Å². The van der Waals surface area contributed by atoms with E-state index in [1.54, 1.807) is 0 Å². The van der Waals surface area contributed by atoms with E-state index in [1.807, 2.05) is 167 Å². The molecule has 6 aromatic carbocycles. The Hall–Kier alpha value is -7.08. The molecule has 3 aliphatic heterocycles. The lowest BCUT2D eigenvalue weighted by Gasteiger charge is -2.48. The van der Waals surface area contributed by atoms with Crippen molar-refractivity contribution in [3.05, 3.63) is 299 Å². The van der Waals surface area contributed by atoms with Gasteiger partial charge in [-0.15, -0.1) is 0 Å². The lowest BCUT2D eigenvalue weighted by molar-refractivity contribution is -0.147.